The van der Waals surface area contributed by atoms with Crippen LogP contribution in [-0.2, 0) is 0 Å². The third-order valence-electron chi connectivity index (χ3n) is 2.77. The lowest BCUT2D eigenvalue weighted by Gasteiger charge is -2.09. The van der Waals surface area contributed by atoms with Gasteiger partial charge in [-0.15, -0.1) is 0 Å². The van der Waals surface area contributed by atoms with E-state index >= 15 is 0 Å². The summed E-state index contributed by atoms with van der Waals surface area (Å²) >= 11 is 3.45. The Morgan fingerprint density at radius 2 is 2.17 bits per heavy atom. The number of alkyl halides is 1. The minimum atomic E-state index is -0.0583. The summed E-state index contributed by atoms with van der Waals surface area (Å²) < 4.78 is 0. The third kappa shape index (κ3) is 4.72. The summed E-state index contributed by atoms with van der Waals surface area (Å²) in [7, 11) is 0. The van der Waals surface area contributed by atoms with E-state index in [0.717, 1.165) is 23.9 Å². The van der Waals surface area contributed by atoms with Crippen molar-refractivity contribution in [3.63, 3.8) is 0 Å². The number of amides is 1. The summed E-state index contributed by atoms with van der Waals surface area (Å²) in [5, 5.41) is 11.8. The highest BCUT2D eigenvalue weighted by Crippen LogP contribution is 2.08. The number of nitrogens with one attached hydrogen (secondary N) is 1. The monoisotopic (exact) mass is 313 g/mol. The van der Waals surface area contributed by atoms with Crippen LogP contribution in [0.1, 0.15) is 41.5 Å². The van der Waals surface area contributed by atoms with Crippen LogP contribution in [0.5, 0.6) is 0 Å². The minimum absolute atomic E-state index is 0.0583. The van der Waals surface area contributed by atoms with Gasteiger partial charge in [-0.2, -0.15) is 10.2 Å². The average Bonchev–Trinajstić information content (AvgIpc) is 2.36. The van der Waals surface area contributed by atoms with Crippen LogP contribution in [0.15, 0.2) is 6.07 Å². The first kappa shape index (κ1) is 15.1. The highest BCUT2D eigenvalue weighted by Gasteiger charge is 2.10. The maximum Gasteiger partial charge on any atom is 0.253 e. The van der Waals surface area contributed by atoms with Gasteiger partial charge in [-0.1, -0.05) is 22.9 Å². The number of aromatic nitrogens is 2. The topological polar surface area (TPSA) is 54.9 Å². The second kappa shape index (κ2) is 7.46. The molecular weight excluding hydrogens is 294 g/mol. The van der Waals surface area contributed by atoms with Crippen molar-refractivity contribution in [1.29, 1.82) is 0 Å². The fourth-order valence-electron chi connectivity index (χ4n) is 1.60. The first-order valence-electron chi connectivity index (χ1n) is 6.19. The summed E-state index contributed by atoms with van der Waals surface area (Å²) in [5.74, 6) is 0.588. The summed E-state index contributed by atoms with van der Waals surface area (Å²) in [4.78, 5) is 11.9. The van der Waals surface area contributed by atoms with Gasteiger partial charge in [-0.05, 0) is 38.7 Å². The minimum Gasteiger partial charge on any atom is -0.352 e. The van der Waals surface area contributed by atoms with Gasteiger partial charge < -0.3 is 5.32 Å². The van der Waals surface area contributed by atoms with Crippen molar-refractivity contribution in [3.05, 3.63) is 23.0 Å². The molecule has 0 bridgehead atoms. The zero-order chi connectivity index (χ0) is 13.5. The smallest absolute Gasteiger partial charge is 0.253 e. The van der Waals surface area contributed by atoms with Crippen molar-refractivity contribution < 1.29 is 4.79 Å². The molecule has 1 N–H and O–H groups in total. The van der Waals surface area contributed by atoms with Crippen molar-refractivity contribution in [2.24, 2.45) is 5.92 Å². The summed E-state index contributed by atoms with van der Waals surface area (Å²) in [6.07, 6.45) is 2.10. The lowest BCUT2D eigenvalue weighted by molar-refractivity contribution is 0.0951. The molecule has 1 rings (SSSR count). The van der Waals surface area contributed by atoms with Crippen LogP contribution >= 0.6 is 15.9 Å². The lowest BCUT2D eigenvalue weighted by Crippen LogP contribution is -2.26. The zero-order valence-corrected chi connectivity index (χ0v) is 12.7. The number of hydrogen-bond acceptors (Lipinski definition) is 3. The standard InChI is InChI=1S/C13H20BrN3O/c1-9(8-14)5-4-6-15-13(18)12-7-10(2)16-17-11(12)3/h7,9H,4-6,8H2,1-3H3,(H,15,18). The van der Waals surface area contributed by atoms with Gasteiger partial charge in [-0.25, -0.2) is 0 Å². The molecule has 1 amide bonds. The van der Waals surface area contributed by atoms with Gasteiger partial charge in [0.15, 0.2) is 0 Å². The highest BCUT2D eigenvalue weighted by atomic mass is 79.9. The number of halogens is 1. The second-order valence-corrected chi connectivity index (χ2v) is 5.29. The maximum atomic E-state index is 11.9. The van der Waals surface area contributed by atoms with Crippen molar-refractivity contribution in [3.8, 4) is 0 Å². The van der Waals surface area contributed by atoms with E-state index < -0.39 is 0 Å². The van der Waals surface area contributed by atoms with E-state index in [4.69, 9.17) is 0 Å². The van der Waals surface area contributed by atoms with Gasteiger partial charge in [-0.3, -0.25) is 4.79 Å². The van der Waals surface area contributed by atoms with Crippen LogP contribution in [0, 0.1) is 19.8 Å². The molecule has 0 aromatic carbocycles. The molecular formula is C13H20BrN3O. The van der Waals surface area contributed by atoms with E-state index in [1.807, 2.05) is 6.92 Å². The van der Waals surface area contributed by atoms with Crippen LogP contribution in [0.2, 0.25) is 0 Å². The molecule has 1 aromatic heterocycles. The van der Waals surface area contributed by atoms with E-state index in [-0.39, 0.29) is 5.91 Å². The number of hydrogen-bond donors (Lipinski definition) is 1. The van der Waals surface area contributed by atoms with Gasteiger partial charge in [0, 0.05) is 11.9 Å². The Labute approximate surface area is 117 Å². The molecule has 0 aliphatic rings. The molecule has 0 aliphatic heterocycles. The highest BCUT2D eigenvalue weighted by molar-refractivity contribution is 9.09. The fraction of sp³-hybridized carbons (Fsp3) is 0.615. The molecule has 0 saturated carbocycles. The molecule has 0 radical (unpaired) electrons. The first-order valence-corrected chi connectivity index (χ1v) is 7.31. The zero-order valence-electron chi connectivity index (χ0n) is 11.2. The van der Waals surface area contributed by atoms with Gasteiger partial charge in [0.1, 0.15) is 0 Å². The first-order chi connectivity index (χ1) is 8.54. The predicted molar refractivity (Wildman–Crippen MR) is 76.0 cm³/mol. The molecule has 1 unspecified atom stereocenters. The number of carbonyl (C=O) groups excluding carboxylic acids is 1. The number of carbonyl (C=O) groups is 1. The Balaban J connectivity index is 2.43. The third-order valence-corrected chi connectivity index (χ3v) is 3.87. The van der Waals surface area contributed by atoms with Crippen molar-refractivity contribution in [2.45, 2.75) is 33.6 Å². The molecule has 1 aromatic rings. The summed E-state index contributed by atoms with van der Waals surface area (Å²) in [5.41, 5.74) is 2.06. The predicted octanol–water partition coefficient (Wildman–Crippen LogP) is 2.63. The van der Waals surface area contributed by atoms with Crippen LogP contribution in [0.3, 0.4) is 0 Å². The lowest BCUT2D eigenvalue weighted by atomic mass is 10.1. The fourth-order valence-corrected chi connectivity index (χ4v) is 1.93. The average molecular weight is 314 g/mol. The molecule has 1 atom stereocenters. The van der Waals surface area contributed by atoms with Crippen LogP contribution < -0.4 is 5.32 Å². The molecule has 0 spiro atoms. The normalized spacial score (nSPS) is 12.2. The molecule has 5 heteroatoms. The quantitative estimate of drug-likeness (QED) is 0.649. The van der Waals surface area contributed by atoms with Gasteiger partial charge in [0.25, 0.3) is 5.91 Å². The summed E-state index contributed by atoms with van der Waals surface area (Å²) in [6.45, 7) is 6.53. The Morgan fingerprint density at radius 1 is 1.44 bits per heavy atom. The van der Waals surface area contributed by atoms with Crippen LogP contribution in [0.25, 0.3) is 0 Å². The van der Waals surface area contributed by atoms with Gasteiger partial charge in [0.2, 0.25) is 0 Å². The largest absolute Gasteiger partial charge is 0.352 e. The Hall–Kier alpha value is -0.970. The van der Waals surface area contributed by atoms with Crippen LogP contribution in [-0.4, -0.2) is 28.0 Å². The molecule has 4 nitrogen and oxygen atoms in total. The van der Waals surface area contributed by atoms with E-state index in [1.165, 1.54) is 0 Å². The van der Waals surface area contributed by atoms with E-state index in [2.05, 4.69) is 38.4 Å². The molecule has 0 saturated heterocycles. The van der Waals surface area contributed by atoms with Crippen molar-refractivity contribution in [1.82, 2.24) is 15.5 Å². The van der Waals surface area contributed by atoms with E-state index in [9.17, 15) is 4.79 Å². The molecule has 18 heavy (non-hydrogen) atoms. The van der Waals surface area contributed by atoms with E-state index in [0.29, 0.717) is 23.7 Å². The van der Waals surface area contributed by atoms with Gasteiger partial charge >= 0.3 is 0 Å². The second-order valence-electron chi connectivity index (χ2n) is 4.64. The number of nitrogens with zero attached hydrogens (tertiary/aromatic N) is 2. The van der Waals surface area contributed by atoms with Crippen LogP contribution in [0.4, 0.5) is 0 Å². The van der Waals surface area contributed by atoms with Gasteiger partial charge in [0.05, 0.1) is 17.0 Å². The number of rotatable bonds is 6. The van der Waals surface area contributed by atoms with Crippen molar-refractivity contribution in [2.75, 3.05) is 11.9 Å². The summed E-state index contributed by atoms with van der Waals surface area (Å²) in [6, 6.07) is 1.78. The Kier molecular flexibility index (Phi) is 6.25. The Morgan fingerprint density at radius 3 is 2.83 bits per heavy atom. The van der Waals surface area contributed by atoms with E-state index in [1.54, 1.807) is 13.0 Å². The Bertz CT molecular complexity index is 409. The number of aryl methyl sites for hydroxylation is 2. The van der Waals surface area contributed by atoms with Crippen molar-refractivity contribution >= 4 is 21.8 Å². The SMILES string of the molecule is Cc1cc(C(=O)NCCCC(C)CBr)c(C)nn1. The molecule has 0 aliphatic carbocycles. The molecule has 0 fully saturated rings. The maximum absolute atomic E-state index is 11.9. The molecule has 1 heterocycles. The molecule has 100 valence electrons.